The van der Waals surface area contributed by atoms with Crippen molar-refractivity contribution in [1.82, 2.24) is 14.3 Å². The van der Waals surface area contributed by atoms with Crippen molar-refractivity contribution in [2.24, 2.45) is 0 Å². The van der Waals surface area contributed by atoms with Gasteiger partial charge in [0, 0.05) is 32.0 Å². The van der Waals surface area contributed by atoms with Gasteiger partial charge in [0.05, 0.1) is 13.4 Å². The summed E-state index contributed by atoms with van der Waals surface area (Å²) in [7, 11) is -1.59. The molecule has 0 aliphatic heterocycles. The molecule has 0 fully saturated rings. The Labute approximate surface area is 114 Å². The molecular formula is C11H20N4O3S. The third-order valence-corrected chi connectivity index (χ3v) is 3.94. The van der Waals surface area contributed by atoms with Crippen LogP contribution < -0.4 is 10.1 Å². The molecule has 19 heavy (non-hydrogen) atoms. The maximum atomic E-state index is 11.4. The Kier molecular flexibility index (Phi) is 5.97. The summed E-state index contributed by atoms with van der Waals surface area (Å²) < 4.78 is 29.3. The van der Waals surface area contributed by atoms with E-state index in [2.05, 4.69) is 15.3 Å². The van der Waals surface area contributed by atoms with Crippen LogP contribution in [-0.2, 0) is 10.0 Å². The lowest BCUT2D eigenvalue weighted by molar-refractivity contribution is 0.397. The molecule has 7 nitrogen and oxygen atoms in total. The molecule has 0 aliphatic rings. The Bertz CT molecular complexity index is 492. The molecule has 1 aromatic rings. The first-order valence-electron chi connectivity index (χ1n) is 6.03. The zero-order chi connectivity index (χ0) is 14.3. The minimum absolute atomic E-state index is 0.429. The lowest BCUT2D eigenvalue weighted by Gasteiger charge is -2.17. The largest absolute Gasteiger partial charge is 0.478 e. The fourth-order valence-electron chi connectivity index (χ4n) is 1.62. The molecule has 0 spiro atoms. The van der Waals surface area contributed by atoms with Crippen molar-refractivity contribution in [1.29, 1.82) is 0 Å². The van der Waals surface area contributed by atoms with Gasteiger partial charge < -0.3 is 10.1 Å². The molecule has 0 aliphatic carbocycles. The van der Waals surface area contributed by atoms with Gasteiger partial charge in [0.25, 0.3) is 5.88 Å². The normalized spacial score (nSPS) is 11.6. The molecule has 1 rings (SSSR count). The fraction of sp³-hybridized carbons (Fsp3) is 0.636. The topological polar surface area (TPSA) is 84.4 Å². The molecule has 0 aromatic carbocycles. The molecule has 0 bridgehead atoms. The van der Waals surface area contributed by atoms with E-state index < -0.39 is 10.0 Å². The second kappa shape index (κ2) is 7.25. The highest BCUT2D eigenvalue weighted by Gasteiger charge is 2.13. The SMILES string of the molecule is CCN(CCCNc1nccnc1OC)S(C)(=O)=O. The molecule has 0 saturated heterocycles. The van der Waals surface area contributed by atoms with E-state index in [1.165, 1.54) is 17.7 Å². The first-order valence-corrected chi connectivity index (χ1v) is 7.87. The Morgan fingerprint density at radius 2 is 2.05 bits per heavy atom. The van der Waals surface area contributed by atoms with Crippen molar-refractivity contribution >= 4 is 15.8 Å². The average molecular weight is 288 g/mol. The molecule has 1 N–H and O–H groups in total. The third-order valence-electron chi connectivity index (χ3n) is 2.56. The van der Waals surface area contributed by atoms with Gasteiger partial charge in [-0.25, -0.2) is 22.7 Å². The zero-order valence-corrected chi connectivity index (χ0v) is 12.3. The van der Waals surface area contributed by atoms with Crippen molar-refractivity contribution in [3.63, 3.8) is 0 Å². The van der Waals surface area contributed by atoms with E-state index >= 15 is 0 Å². The average Bonchev–Trinajstić information content (AvgIpc) is 2.37. The summed E-state index contributed by atoms with van der Waals surface area (Å²) in [6.45, 7) is 3.37. The van der Waals surface area contributed by atoms with Crippen LogP contribution in [0.25, 0.3) is 0 Å². The van der Waals surface area contributed by atoms with Crippen LogP contribution in [0.2, 0.25) is 0 Å². The summed E-state index contributed by atoms with van der Waals surface area (Å²) in [5.74, 6) is 0.991. The number of aromatic nitrogens is 2. The number of nitrogens with one attached hydrogen (secondary N) is 1. The van der Waals surface area contributed by atoms with Crippen molar-refractivity contribution in [3.8, 4) is 5.88 Å². The van der Waals surface area contributed by atoms with E-state index in [1.807, 2.05) is 6.92 Å². The van der Waals surface area contributed by atoms with Crippen molar-refractivity contribution in [3.05, 3.63) is 12.4 Å². The van der Waals surface area contributed by atoms with Crippen molar-refractivity contribution in [2.75, 3.05) is 38.3 Å². The number of hydrogen-bond acceptors (Lipinski definition) is 6. The lowest BCUT2D eigenvalue weighted by atomic mass is 10.4. The minimum atomic E-state index is -3.12. The minimum Gasteiger partial charge on any atom is -0.478 e. The Morgan fingerprint density at radius 3 is 2.63 bits per heavy atom. The quantitative estimate of drug-likeness (QED) is 0.704. The van der Waals surface area contributed by atoms with Gasteiger partial charge in [-0.3, -0.25) is 0 Å². The first-order chi connectivity index (χ1) is 8.99. The van der Waals surface area contributed by atoms with Crippen molar-refractivity contribution in [2.45, 2.75) is 13.3 Å². The van der Waals surface area contributed by atoms with Crippen LogP contribution in [0.3, 0.4) is 0 Å². The second-order valence-electron chi connectivity index (χ2n) is 3.95. The molecule has 1 aromatic heterocycles. The molecular weight excluding hydrogens is 268 g/mol. The number of hydrogen-bond donors (Lipinski definition) is 1. The van der Waals surface area contributed by atoms with Gasteiger partial charge in [0.2, 0.25) is 10.0 Å². The highest BCUT2D eigenvalue weighted by Crippen LogP contribution is 2.16. The molecule has 0 unspecified atom stereocenters. The van der Waals surface area contributed by atoms with Crippen molar-refractivity contribution < 1.29 is 13.2 Å². The van der Waals surface area contributed by atoms with Crippen LogP contribution in [0, 0.1) is 0 Å². The molecule has 0 radical (unpaired) electrons. The Hall–Kier alpha value is -1.41. The first kappa shape index (κ1) is 15.6. The van der Waals surface area contributed by atoms with Crippen LogP contribution in [0.5, 0.6) is 5.88 Å². The second-order valence-corrected chi connectivity index (χ2v) is 5.93. The summed E-state index contributed by atoms with van der Waals surface area (Å²) in [6.07, 6.45) is 5.02. The van der Waals surface area contributed by atoms with E-state index in [4.69, 9.17) is 4.74 Å². The molecule has 8 heteroatoms. The highest BCUT2D eigenvalue weighted by molar-refractivity contribution is 7.88. The maximum Gasteiger partial charge on any atom is 0.257 e. The van der Waals surface area contributed by atoms with Crippen LogP contribution in [0.15, 0.2) is 12.4 Å². The molecule has 0 saturated carbocycles. The van der Waals surface area contributed by atoms with E-state index in [-0.39, 0.29) is 0 Å². The predicted octanol–water partition coefficient (Wildman–Crippen LogP) is 0.569. The van der Waals surface area contributed by atoms with Gasteiger partial charge in [-0.1, -0.05) is 6.92 Å². The standard InChI is InChI=1S/C11H20N4O3S/c1-4-15(19(3,16)17)9-5-6-12-10-11(18-2)14-8-7-13-10/h7-8H,4-6,9H2,1-3H3,(H,12,13). The third kappa shape index (κ3) is 4.99. The smallest absolute Gasteiger partial charge is 0.257 e. The van der Waals surface area contributed by atoms with E-state index in [1.54, 1.807) is 12.4 Å². The number of anilines is 1. The number of sulfonamides is 1. The number of methoxy groups -OCH3 is 1. The summed E-state index contributed by atoms with van der Waals surface area (Å²) >= 11 is 0. The Morgan fingerprint density at radius 1 is 1.37 bits per heavy atom. The van der Waals surface area contributed by atoms with Gasteiger partial charge in [0.15, 0.2) is 5.82 Å². The molecule has 108 valence electrons. The van der Waals surface area contributed by atoms with Crippen LogP contribution in [0.4, 0.5) is 5.82 Å². The summed E-state index contributed by atoms with van der Waals surface area (Å²) in [4.78, 5) is 8.12. The van der Waals surface area contributed by atoms with Gasteiger partial charge >= 0.3 is 0 Å². The van der Waals surface area contributed by atoms with Gasteiger partial charge in [0.1, 0.15) is 0 Å². The van der Waals surface area contributed by atoms with Gasteiger partial charge in [-0.05, 0) is 6.42 Å². The highest BCUT2D eigenvalue weighted by atomic mass is 32.2. The Balaban J connectivity index is 2.42. The molecule has 1 heterocycles. The lowest BCUT2D eigenvalue weighted by Crippen LogP contribution is -2.31. The maximum absolute atomic E-state index is 11.4. The predicted molar refractivity (Wildman–Crippen MR) is 73.8 cm³/mol. The summed E-state index contributed by atoms with van der Waals surface area (Å²) in [5, 5.41) is 3.07. The summed E-state index contributed by atoms with van der Waals surface area (Å²) in [5.41, 5.74) is 0. The number of rotatable bonds is 8. The van der Waals surface area contributed by atoms with E-state index in [0.717, 1.165) is 0 Å². The number of ether oxygens (including phenoxy) is 1. The molecule has 0 amide bonds. The zero-order valence-electron chi connectivity index (χ0n) is 11.5. The van der Waals surface area contributed by atoms with E-state index in [9.17, 15) is 8.42 Å². The van der Waals surface area contributed by atoms with Crippen LogP contribution in [-0.4, -0.2) is 55.7 Å². The van der Waals surface area contributed by atoms with Crippen LogP contribution in [0.1, 0.15) is 13.3 Å². The van der Waals surface area contributed by atoms with Gasteiger partial charge in [-0.2, -0.15) is 0 Å². The van der Waals surface area contributed by atoms with Gasteiger partial charge in [-0.15, -0.1) is 0 Å². The monoisotopic (exact) mass is 288 g/mol. The summed E-state index contributed by atoms with van der Waals surface area (Å²) in [6, 6.07) is 0. The fourth-order valence-corrected chi connectivity index (χ4v) is 2.55. The molecule has 0 atom stereocenters. The number of nitrogens with zero attached hydrogens (tertiary/aromatic N) is 3. The van der Waals surface area contributed by atoms with Crippen LogP contribution >= 0.6 is 0 Å². The van der Waals surface area contributed by atoms with E-state index in [0.29, 0.717) is 37.8 Å².